The fraction of sp³-hybridized carbons (Fsp3) is 0.522. The summed E-state index contributed by atoms with van der Waals surface area (Å²) in [7, 11) is -0.299. The van der Waals surface area contributed by atoms with Crippen LogP contribution < -0.4 is 10.5 Å². The smallest absolute Gasteiger partial charge is 0.174 e. The largest absolute Gasteiger partial charge is 0.504 e. The summed E-state index contributed by atoms with van der Waals surface area (Å²) in [6.07, 6.45) is 1.78. The van der Waals surface area contributed by atoms with Gasteiger partial charge in [0.2, 0.25) is 0 Å². The van der Waals surface area contributed by atoms with E-state index in [4.69, 9.17) is 15.1 Å². The number of rotatable bonds is 9. The van der Waals surface area contributed by atoms with Crippen LogP contribution in [0.3, 0.4) is 0 Å². The number of thiophene rings is 1. The Bertz CT molecular complexity index is 1000. The predicted octanol–water partition coefficient (Wildman–Crippen LogP) is 6.10. The van der Waals surface area contributed by atoms with Crippen molar-refractivity contribution >= 4 is 57.5 Å². The number of furan rings is 1. The molecule has 2 atom stereocenters. The van der Waals surface area contributed by atoms with E-state index < -0.39 is 0 Å². The third kappa shape index (κ3) is 6.65. The molecule has 2 rings (SSSR count). The van der Waals surface area contributed by atoms with Gasteiger partial charge in [0.25, 0.3) is 0 Å². The van der Waals surface area contributed by atoms with E-state index in [1.54, 1.807) is 6.26 Å². The van der Waals surface area contributed by atoms with Gasteiger partial charge in [0, 0.05) is 18.5 Å². The maximum atomic E-state index is 10.9. The number of nitrogens with zero attached hydrogens (tertiary/aromatic N) is 3. The highest BCUT2D eigenvalue weighted by atomic mass is 32.2. The van der Waals surface area contributed by atoms with E-state index in [2.05, 4.69) is 73.7 Å². The molecule has 0 saturated carbocycles. The lowest BCUT2D eigenvalue weighted by Crippen LogP contribution is -2.32. The van der Waals surface area contributed by atoms with Gasteiger partial charge in [-0.05, 0) is 35.8 Å². The summed E-state index contributed by atoms with van der Waals surface area (Å²) in [6.45, 7) is 16.4. The van der Waals surface area contributed by atoms with Crippen molar-refractivity contribution in [2.45, 2.75) is 64.6 Å². The molecule has 2 heterocycles. The Morgan fingerprint density at radius 2 is 2.00 bits per heavy atom. The van der Waals surface area contributed by atoms with Crippen molar-refractivity contribution in [2.24, 2.45) is 21.6 Å². The molecular formula is C23H37N5O2S3. The molecule has 0 fully saturated rings. The van der Waals surface area contributed by atoms with Crippen molar-refractivity contribution in [1.82, 2.24) is 9.03 Å². The fourth-order valence-corrected chi connectivity index (χ4v) is 6.79. The van der Waals surface area contributed by atoms with Gasteiger partial charge in [-0.3, -0.25) is 9.30 Å². The third-order valence-electron chi connectivity index (χ3n) is 5.20. The van der Waals surface area contributed by atoms with Crippen LogP contribution >= 0.6 is 34.8 Å². The molecule has 0 bridgehead atoms. The summed E-state index contributed by atoms with van der Waals surface area (Å²) in [5.74, 6) is 1.93. The zero-order chi connectivity index (χ0) is 24.7. The summed E-state index contributed by atoms with van der Waals surface area (Å²) in [5.41, 5.74) is 7.85. The maximum absolute atomic E-state index is 10.9. The Kier molecular flexibility index (Phi) is 10.5. The average molecular weight is 512 g/mol. The normalized spacial score (nSPS) is 15.1. The average Bonchev–Trinajstić information content (AvgIpc) is 3.40. The number of nitrogens with two attached hydrogens (primary N) is 1. The second-order valence-corrected chi connectivity index (χ2v) is 11.5. The van der Waals surface area contributed by atoms with Gasteiger partial charge in [-0.2, -0.15) is 0 Å². The number of aliphatic imine (C=N–C) groups is 2. The van der Waals surface area contributed by atoms with E-state index in [0.717, 1.165) is 28.6 Å². The summed E-state index contributed by atoms with van der Waals surface area (Å²) in [5, 5.41) is 14.8. The van der Waals surface area contributed by atoms with Gasteiger partial charge < -0.3 is 20.0 Å². The molecule has 0 radical (unpaired) electrons. The molecule has 0 amide bonds. The Morgan fingerprint density at radius 1 is 1.33 bits per heavy atom. The first-order valence-corrected chi connectivity index (χ1v) is 13.7. The number of hydrogen-bond acceptors (Lipinski definition) is 7. The fourth-order valence-electron chi connectivity index (χ4n) is 3.27. The molecule has 2 aromatic rings. The Hall–Kier alpha value is -1.75. The van der Waals surface area contributed by atoms with Crippen molar-refractivity contribution in [3.8, 4) is 5.75 Å². The summed E-state index contributed by atoms with van der Waals surface area (Å²) >= 11 is 5.69. The molecule has 0 aromatic carbocycles. The number of nitrogens with one attached hydrogen (secondary N) is 1. The predicted molar refractivity (Wildman–Crippen MR) is 148 cm³/mol. The van der Waals surface area contributed by atoms with E-state index in [0.29, 0.717) is 17.4 Å². The molecule has 1 unspecified atom stereocenters. The van der Waals surface area contributed by atoms with E-state index >= 15 is 0 Å². The second kappa shape index (κ2) is 12.6. The minimum absolute atomic E-state index is 0.147. The first-order valence-electron chi connectivity index (χ1n) is 11.2. The number of aromatic hydroxyl groups is 1. The van der Waals surface area contributed by atoms with Crippen LogP contribution in [-0.4, -0.2) is 39.5 Å². The molecule has 0 aliphatic heterocycles. The highest BCUT2D eigenvalue weighted by Crippen LogP contribution is 2.47. The van der Waals surface area contributed by atoms with Crippen LogP contribution in [-0.2, 0) is 0 Å². The monoisotopic (exact) mass is 511 g/mol. The summed E-state index contributed by atoms with van der Waals surface area (Å²) in [4.78, 5) is 9.24. The molecule has 4 N–H and O–H groups in total. The highest BCUT2D eigenvalue weighted by molar-refractivity contribution is 8.14. The molecular weight excluding hydrogens is 474 g/mol. The van der Waals surface area contributed by atoms with Crippen molar-refractivity contribution < 1.29 is 9.52 Å². The molecule has 7 nitrogen and oxygen atoms in total. The Labute approximate surface area is 209 Å². The SMILES string of the molecule is C/C=S(\c1scc(N=C(N)C(=N[C@@H](c2cc(C(C)C)co2)C(C)C)NS)c1O)N(CC)CC. The van der Waals surface area contributed by atoms with Gasteiger partial charge in [0.15, 0.2) is 17.4 Å². The van der Waals surface area contributed by atoms with E-state index in [9.17, 15) is 5.11 Å². The van der Waals surface area contributed by atoms with Gasteiger partial charge >= 0.3 is 0 Å². The summed E-state index contributed by atoms with van der Waals surface area (Å²) < 4.78 is 11.7. The topological polar surface area (TPSA) is 99.4 Å². The first-order chi connectivity index (χ1) is 15.7. The van der Waals surface area contributed by atoms with E-state index in [-0.39, 0.29) is 34.2 Å². The Morgan fingerprint density at radius 3 is 2.48 bits per heavy atom. The molecule has 33 heavy (non-hydrogen) atoms. The number of amidine groups is 2. The highest BCUT2D eigenvalue weighted by Gasteiger charge is 2.22. The lowest BCUT2D eigenvalue weighted by Gasteiger charge is -2.22. The van der Waals surface area contributed by atoms with Crippen molar-refractivity contribution in [2.75, 3.05) is 13.1 Å². The quantitative estimate of drug-likeness (QED) is 0.141. The van der Waals surface area contributed by atoms with E-state index in [1.807, 2.05) is 18.4 Å². The second-order valence-electron chi connectivity index (χ2n) is 8.13. The van der Waals surface area contributed by atoms with Crippen LogP contribution in [0.4, 0.5) is 5.69 Å². The molecule has 10 heteroatoms. The van der Waals surface area contributed by atoms with Gasteiger partial charge in [0.05, 0.1) is 6.26 Å². The van der Waals surface area contributed by atoms with Crippen LogP contribution in [0.5, 0.6) is 5.75 Å². The molecule has 2 aromatic heterocycles. The standard InChI is InChI=1S/C23H37N5O2S3/c1-8-28(9-2)33(10-3)23-20(29)17(13-32-23)25-21(24)22(27-31)26-19(15(6)7)18-11-16(12-30-18)14(4)5/h10-15,19,29,31H,8-9H2,1-7H3,(H2,24,25)(H,26,27)/t19-,33?/m1/s1. The third-order valence-corrected chi connectivity index (χ3v) is 9.05. The van der Waals surface area contributed by atoms with Gasteiger partial charge in [-0.25, -0.2) is 4.99 Å². The lowest BCUT2D eigenvalue weighted by atomic mass is 10.00. The molecule has 0 saturated heterocycles. The number of thiol groups is 1. The van der Waals surface area contributed by atoms with Crippen LogP contribution in [0.2, 0.25) is 0 Å². The Balaban J connectivity index is 2.41. The van der Waals surface area contributed by atoms with Crippen molar-refractivity contribution in [3.05, 3.63) is 29.0 Å². The van der Waals surface area contributed by atoms with Crippen molar-refractivity contribution in [1.29, 1.82) is 0 Å². The maximum Gasteiger partial charge on any atom is 0.174 e. The number of hydrogen-bond donors (Lipinski definition) is 4. The zero-order valence-corrected chi connectivity index (χ0v) is 23.0. The van der Waals surface area contributed by atoms with E-state index in [1.165, 1.54) is 11.3 Å². The van der Waals surface area contributed by atoms with Crippen LogP contribution in [0.25, 0.3) is 0 Å². The van der Waals surface area contributed by atoms with Crippen molar-refractivity contribution in [3.63, 3.8) is 0 Å². The first kappa shape index (κ1) is 27.5. The minimum Gasteiger partial charge on any atom is -0.504 e. The van der Waals surface area contributed by atoms with Gasteiger partial charge in [-0.1, -0.05) is 65.0 Å². The zero-order valence-electron chi connectivity index (χ0n) is 20.5. The lowest BCUT2D eigenvalue weighted by molar-refractivity contribution is 0.404. The molecule has 0 spiro atoms. The van der Waals surface area contributed by atoms with Gasteiger partial charge in [0.1, 0.15) is 21.7 Å². The summed E-state index contributed by atoms with van der Waals surface area (Å²) in [6, 6.07) is 1.78. The molecule has 0 aliphatic rings. The van der Waals surface area contributed by atoms with Crippen LogP contribution in [0, 0.1) is 5.92 Å². The van der Waals surface area contributed by atoms with Gasteiger partial charge in [-0.15, -0.1) is 11.3 Å². The van der Waals surface area contributed by atoms with Crippen LogP contribution in [0.15, 0.2) is 36.3 Å². The minimum atomic E-state index is -0.299. The molecule has 184 valence electrons. The molecule has 0 aliphatic carbocycles. The van der Waals surface area contributed by atoms with Crippen LogP contribution in [0.1, 0.15) is 71.7 Å².